The molecule has 0 saturated carbocycles. The zero-order valence-corrected chi connectivity index (χ0v) is 38.4. The Balaban J connectivity index is 1.29. The predicted octanol–water partition coefficient (Wildman–Crippen LogP) is 6.75. The van der Waals surface area contributed by atoms with Crippen molar-refractivity contribution in [2.75, 3.05) is 44.5 Å². The third-order valence-corrected chi connectivity index (χ3v) is 15.5. The molecule has 0 aliphatic carbocycles. The summed E-state index contributed by atoms with van der Waals surface area (Å²) in [6, 6.07) is 14.7. The highest BCUT2D eigenvalue weighted by molar-refractivity contribution is 8.76. The Kier molecular flexibility index (Phi) is 20.1. The second-order valence-corrected chi connectivity index (χ2v) is 20.3. The van der Waals surface area contributed by atoms with Crippen LogP contribution in [0.3, 0.4) is 0 Å². The molecule has 0 radical (unpaired) electrons. The van der Waals surface area contributed by atoms with Gasteiger partial charge in [-0.2, -0.15) is 11.8 Å². The number of pyridine rings is 1. The predicted molar refractivity (Wildman–Crippen MR) is 240 cm³/mol. The average Bonchev–Trinajstić information content (AvgIpc) is 3.27. The summed E-state index contributed by atoms with van der Waals surface area (Å²) in [6.45, 7) is 9.25. The molecule has 2 fully saturated rings. The maximum Gasteiger partial charge on any atom is 0.329 e. The first kappa shape index (κ1) is 49.3. The van der Waals surface area contributed by atoms with Gasteiger partial charge in [-0.15, -0.1) is 0 Å². The lowest BCUT2D eigenvalue weighted by molar-refractivity contribution is -0.274. The molecule has 1 amide bonds. The minimum absolute atomic E-state index is 0.125. The van der Waals surface area contributed by atoms with Gasteiger partial charge in [0.25, 0.3) is 11.7 Å². The van der Waals surface area contributed by atoms with Crippen molar-refractivity contribution in [2.24, 2.45) is 23.7 Å². The first-order chi connectivity index (χ1) is 29.4. The Labute approximate surface area is 373 Å². The lowest BCUT2D eigenvalue weighted by atomic mass is 9.79. The van der Waals surface area contributed by atoms with Crippen molar-refractivity contribution < 1.29 is 48.3 Å². The molecule has 336 valence electrons. The van der Waals surface area contributed by atoms with Crippen LogP contribution in [0.1, 0.15) is 78.2 Å². The van der Waals surface area contributed by atoms with Crippen LogP contribution in [0.15, 0.2) is 71.9 Å². The molecular weight excluding hydrogens is 837 g/mol. The highest BCUT2D eigenvalue weighted by atomic mass is 33.1. The summed E-state index contributed by atoms with van der Waals surface area (Å²) in [5, 5.41) is 24.2. The molecule has 4 heterocycles. The Morgan fingerprint density at radius 2 is 1.67 bits per heavy atom. The number of esters is 1. The number of amides is 1. The number of aromatic nitrogens is 1. The fourth-order valence-corrected chi connectivity index (χ4v) is 10.9. The molecule has 0 spiro atoms. The first-order valence-electron chi connectivity index (χ1n) is 21.7. The first-order valence-corrected chi connectivity index (χ1v) is 25.1. The molecule has 1 aromatic carbocycles. The van der Waals surface area contributed by atoms with Crippen LogP contribution in [0.5, 0.6) is 0 Å². The van der Waals surface area contributed by atoms with E-state index >= 15 is 0 Å². The number of carbonyl (C=O) groups excluding carboxylic acids is 4. The number of ketones is 2. The number of cyclic esters (lactones) is 1. The van der Waals surface area contributed by atoms with Crippen molar-refractivity contribution in [2.45, 2.75) is 119 Å². The zero-order chi connectivity index (χ0) is 43.8. The van der Waals surface area contributed by atoms with Gasteiger partial charge in [0.05, 0.1) is 38.6 Å². The largest absolute Gasteiger partial charge is 0.456 e. The molecular formula is C46H64N2O10S3. The van der Waals surface area contributed by atoms with Gasteiger partial charge >= 0.3 is 5.97 Å². The van der Waals surface area contributed by atoms with Gasteiger partial charge in [-0.05, 0) is 79.5 Å². The smallest absolute Gasteiger partial charge is 0.329 e. The van der Waals surface area contributed by atoms with Gasteiger partial charge in [0.15, 0.2) is 0 Å². The van der Waals surface area contributed by atoms with E-state index in [0.29, 0.717) is 77.1 Å². The van der Waals surface area contributed by atoms with Crippen molar-refractivity contribution in [3.63, 3.8) is 0 Å². The van der Waals surface area contributed by atoms with E-state index in [9.17, 15) is 29.4 Å². The number of hydrogen-bond donors (Lipinski definition) is 2. The van der Waals surface area contributed by atoms with Crippen LogP contribution in [0, 0.1) is 23.7 Å². The normalized spacial score (nSPS) is 30.7. The summed E-state index contributed by atoms with van der Waals surface area (Å²) in [5.74, 6) is -6.13. The number of fused-ring (bicyclic) bond motifs is 3. The number of piperidine rings is 1. The molecule has 10 atom stereocenters. The Hall–Kier alpha value is -2.76. The van der Waals surface area contributed by atoms with Crippen LogP contribution < -0.4 is 0 Å². The number of ether oxygens (including phenoxy) is 4. The van der Waals surface area contributed by atoms with Crippen LogP contribution in [0.4, 0.5) is 0 Å². The van der Waals surface area contributed by atoms with Gasteiger partial charge < -0.3 is 34.1 Å². The van der Waals surface area contributed by atoms with Crippen LogP contribution >= 0.6 is 33.3 Å². The van der Waals surface area contributed by atoms with Crippen molar-refractivity contribution in [3.8, 4) is 0 Å². The fourth-order valence-electron chi connectivity index (χ4n) is 8.06. The SMILES string of the molecule is C[C@@H]1[C@@H](O)[C@H](C)C(=O)CC(SCCOCCOCCSSc2ccccn2)C/C=C/[C@@H]([C@H](C)Cc2ccccc2)OC(=O)[C@@H]2CCCCN2C(=O)C(=O)[C@]2(O)O[C@H]1CC[C@H]2C. The molecule has 12 nitrogen and oxygen atoms in total. The number of benzene rings is 1. The molecule has 61 heavy (non-hydrogen) atoms. The summed E-state index contributed by atoms with van der Waals surface area (Å²) in [5.41, 5.74) is 1.08. The van der Waals surface area contributed by atoms with E-state index in [1.807, 2.05) is 67.6 Å². The third-order valence-electron chi connectivity index (χ3n) is 12.0. The summed E-state index contributed by atoms with van der Waals surface area (Å²) in [6.07, 6.45) is 6.67. The number of thioether (sulfide) groups is 1. The zero-order valence-electron chi connectivity index (χ0n) is 35.9. The quantitative estimate of drug-likeness (QED) is 0.0635. The van der Waals surface area contributed by atoms with E-state index in [0.717, 1.165) is 16.3 Å². The van der Waals surface area contributed by atoms with Gasteiger partial charge in [0.1, 0.15) is 23.0 Å². The minimum atomic E-state index is -2.46. The topological polar surface area (TPSA) is 162 Å². The molecule has 1 aromatic heterocycles. The average molecular weight is 901 g/mol. The van der Waals surface area contributed by atoms with Gasteiger partial charge in [-0.25, -0.2) is 9.78 Å². The summed E-state index contributed by atoms with van der Waals surface area (Å²) in [7, 11) is 3.31. The van der Waals surface area contributed by atoms with Crippen molar-refractivity contribution in [1.29, 1.82) is 0 Å². The Morgan fingerprint density at radius 3 is 2.41 bits per heavy atom. The molecule has 2 N–H and O–H groups in total. The van der Waals surface area contributed by atoms with Crippen molar-refractivity contribution in [3.05, 3.63) is 72.4 Å². The second-order valence-electron chi connectivity index (χ2n) is 16.5. The molecule has 2 aromatic rings. The van der Waals surface area contributed by atoms with Crippen LogP contribution in [0.2, 0.25) is 0 Å². The lowest BCUT2D eigenvalue weighted by Gasteiger charge is -2.44. The molecule has 2 saturated heterocycles. The maximum atomic E-state index is 14.1. The van der Waals surface area contributed by atoms with Crippen LogP contribution in [0.25, 0.3) is 0 Å². The Bertz CT molecular complexity index is 1720. The van der Waals surface area contributed by atoms with E-state index in [2.05, 4.69) is 4.98 Å². The summed E-state index contributed by atoms with van der Waals surface area (Å²) in [4.78, 5) is 61.5. The molecule has 15 heteroatoms. The van der Waals surface area contributed by atoms with E-state index in [1.165, 1.54) is 4.90 Å². The molecule has 3 aliphatic heterocycles. The number of allylic oxidation sites excluding steroid dienone is 1. The second kappa shape index (κ2) is 24.9. The number of nitrogens with zero attached hydrogens (tertiary/aromatic N) is 2. The van der Waals surface area contributed by atoms with E-state index in [-0.39, 0.29) is 29.9 Å². The van der Waals surface area contributed by atoms with Gasteiger partial charge in [0.2, 0.25) is 5.79 Å². The summed E-state index contributed by atoms with van der Waals surface area (Å²) >= 11 is 1.62. The molecule has 1 unspecified atom stereocenters. The fraction of sp³-hybridized carbons (Fsp3) is 0.630. The monoisotopic (exact) mass is 900 g/mol. The Morgan fingerprint density at radius 1 is 0.934 bits per heavy atom. The third kappa shape index (κ3) is 14.4. The van der Waals surface area contributed by atoms with E-state index in [4.69, 9.17) is 18.9 Å². The minimum Gasteiger partial charge on any atom is -0.456 e. The standard InChI is InChI=1S/C46H64N2O10S3/c1-31(29-35-13-6-5-7-14-35)39-17-12-15-36(59-27-25-55-23-24-56-26-28-60-61-41-18-8-10-21-47-41)30-38(49)33(3)42(50)34(4)40-20-19-32(2)46(54,58-40)43(51)44(52)48-22-11-9-16-37(48)45(53)57-39/h5-8,10,12-14,17-18,21,31-34,36-37,39-40,42,50,54H,9,11,15-16,19-20,22-30H2,1-4H3/b17-12+/t31-,32-,33-,34+,36?,37+,39+,40+,42+,46-/m1/s1. The van der Waals surface area contributed by atoms with Gasteiger partial charge in [0, 0.05) is 59.6 Å². The van der Waals surface area contributed by atoms with Crippen LogP contribution in [-0.2, 0) is 44.5 Å². The number of aliphatic hydroxyl groups excluding tert-OH is 1. The number of hydrogen-bond acceptors (Lipinski definition) is 14. The number of rotatable bonds is 15. The van der Waals surface area contributed by atoms with E-state index in [1.54, 1.807) is 60.3 Å². The maximum absolute atomic E-state index is 14.1. The number of carbonyl (C=O) groups is 4. The highest BCUT2D eigenvalue weighted by Gasteiger charge is 2.54. The number of aliphatic hydroxyl groups is 2. The number of Topliss-reactive ketones (excluding diaryl/α,β-unsaturated/α-hetero) is 2. The molecule has 3 aliphatic rings. The molecule has 2 bridgehead atoms. The van der Waals surface area contributed by atoms with E-state index < -0.39 is 65.6 Å². The van der Waals surface area contributed by atoms with Gasteiger partial charge in [-0.3, -0.25) is 14.4 Å². The lowest BCUT2D eigenvalue weighted by Crippen LogP contribution is -2.61. The summed E-state index contributed by atoms with van der Waals surface area (Å²) < 4.78 is 24.0. The van der Waals surface area contributed by atoms with Gasteiger partial charge in [-0.1, -0.05) is 81.0 Å². The van der Waals surface area contributed by atoms with Crippen molar-refractivity contribution in [1.82, 2.24) is 9.88 Å². The van der Waals surface area contributed by atoms with Crippen molar-refractivity contribution >= 4 is 56.8 Å². The molecule has 5 rings (SSSR count). The highest BCUT2D eigenvalue weighted by Crippen LogP contribution is 2.39. The van der Waals surface area contributed by atoms with Crippen LogP contribution in [-0.4, -0.2) is 123 Å².